The second kappa shape index (κ2) is 4.35. The minimum absolute atomic E-state index is 0.560. The third-order valence-electron chi connectivity index (χ3n) is 2.94. The Morgan fingerprint density at radius 1 is 1.28 bits per heavy atom. The third-order valence-corrected chi connectivity index (χ3v) is 3.74. The second-order valence-electron chi connectivity index (χ2n) is 4.14. The standard InChI is InChI=1S/C12H10BrF2N3/c13-11-10(7-2-3-8(14)9(15)6-7)17-12-16-4-1-5-18(11)12/h2-3,6H,1,4-5H2,(H,16,17). The third kappa shape index (κ3) is 1.80. The highest BCUT2D eigenvalue weighted by molar-refractivity contribution is 9.10. The minimum Gasteiger partial charge on any atom is -0.356 e. The molecule has 1 aliphatic rings. The van der Waals surface area contributed by atoms with Gasteiger partial charge in [0.05, 0.1) is 0 Å². The van der Waals surface area contributed by atoms with Crippen molar-refractivity contribution in [3.63, 3.8) is 0 Å². The van der Waals surface area contributed by atoms with Crippen LogP contribution < -0.4 is 5.32 Å². The van der Waals surface area contributed by atoms with E-state index in [0.29, 0.717) is 11.3 Å². The summed E-state index contributed by atoms with van der Waals surface area (Å²) in [5, 5.41) is 3.17. The van der Waals surface area contributed by atoms with E-state index in [1.165, 1.54) is 6.07 Å². The van der Waals surface area contributed by atoms with E-state index < -0.39 is 11.6 Å². The molecule has 0 unspecified atom stereocenters. The van der Waals surface area contributed by atoms with Gasteiger partial charge in [0, 0.05) is 18.7 Å². The fourth-order valence-corrected chi connectivity index (χ4v) is 2.70. The second-order valence-corrected chi connectivity index (χ2v) is 4.89. The molecule has 0 aliphatic carbocycles. The van der Waals surface area contributed by atoms with Crippen molar-refractivity contribution < 1.29 is 8.78 Å². The van der Waals surface area contributed by atoms with Crippen LogP contribution in [0.1, 0.15) is 6.42 Å². The minimum atomic E-state index is -0.863. The van der Waals surface area contributed by atoms with Crippen molar-refractivity contribution in [3.05, 3.63) is 34.4 Å². The lowest BCUT2D eigenvalue weighted by Gasteiger charge is -2.15. The lowest BCUT2D eigenvalue weighted by atomic mass is 10.1. The maximum Gasteiger partial charge on any atom is 0.204 e. The van der Waals surface area contributed by atoms with Crippen molar-refractivity contribution in [2.75, 3.05) is 11.9 Å². The lowest BCUT2D eigenvalue weighted by molar-refractivity contribution is 0.509. The van der Waals surface area contributed by atoms with E-state index in [1.54, 1.807) is 0 Å². The summed E-state index contributed by atoms with van der Waals surface area (Å²) in [5.74, 6) is -0.955. The van der Waals surface area contributed by atoms with Gasteiger partial charge in [0.15, 0.2) is 11.6 Å². The average molecular weight is 314 g/mol. The van der Waals surface area contributed by atoms with E-state index in [9.17, 15) is 8.78 Å². The average Bonchev–Trinajstić information content (AvgIpc) is 2.71. The number of imidazole rings is 1. The SMILES string of the molecule is Fc1ccc(-c2nc3n(c2Br)CCCN3)cc1F. The number of halogens is 3. The van der Waals surface area contributed by atoms with E-state index in [-0.39, 0.29) is 0 Å². The normalized spacial score (nSPS) is 14.2. The monoisotopic (exact) mass is 313 g/mol. The molecule has 0 saturated carbocycles. The summed E-state index contributed by atoms with van der Waals surface area (Å²) in [6.07, 6.45) is 1.01. The highest BCUT2D eigenvalue weighted by Gasteiger charge is 2.19. The number of aromatic nitrogens is 2. The Morgan fingerprint density at radius 3 is 2.83 bits per heavy atom. The van der Waals surface area contributed by atoms with Gasteiger partial charge in [-0.05, 0) is 40.5 Å². The Hall–Kier alpha value is -1.43. The maximum atomic E-state index is 13.2. The summed E-state index contributed by atoms with van der Waals surface area (Å²) < 4.78 is 28.9. The van der Waals surface area contributed by atoms with Gasteiger partial charge in [-0.2, -0.15) is 0 Å². The zero-order valence-electron chi connectivity index (χ0n) is 9.38. The first-order valence-electron chi connectivity index (χ1n) is 5.62. The molecule has 3 rings (SSSR count). The molecule has 0 bridgehead atoms. The highest BCUT2D eigenvalue weighted by Crippen LogP contribution is 2.32. The summed E-state index contributed by atoms with van der Waals surface area (Å²) in [7, 11) is 0. The van der Waals surface area contributed by atoms with Crippen molar-refractivity contribution in [2.24, 2.45) is 0 Å². The number of anilines is 1. The van der Waals surface area contributed by atoms with Gasteiger partial charge in [-0.25, -0.2) is 13.8 Å². The van der Waals surface area contributed by atoms with Crippen LogP contribution in [0.4, 0.5) is 14.7 Å². The van der Waals surface area contributed by atoms with Gasteiger partial charge in [-0.3, -0.25) is 0 Å². The molecule has 94 valence electrons. The molecule has 0 fully saturated rings. The van der Waals surface area contributed by atoms with Gasteiger partial charge in [-0.15, -0.1) is 0 Å². The Morgan fingerprint density at radius 2 is 2.11 bits per heavy atom. The van der Waals surface area contributed by atoms with Crippen LogP contribution in [-0.2, 0) is 6.54 Å². The van der Waals surface area contributed by atoms with Crippen LogP contribution in [0.15, 0.2) is 22.8 Å². The van der Waals surface area contributed by atoms with Crippen LogP contribution in [0.3, 0.4) is 0 Å². The first-order valence-corrected chi connectivity index (χ1v) is 6.41. The highest BCUT2D eigenvalue weighted by atomic mass is 79.9. The molecule has 0 atom stereocenters. The lowest BCUT2D eigenvalue weighted by Crippen LogP contribution is -2.17. The van der Waals surface area contributed by atoms with Gasteiger partial charge in [-0.1, -0.05) is 0 Å². The van der Waals surface area contributed by atoms with Crippen LogP contribution in [0, 0.1) is 11.6 Å². The molecular formula is C12H10BrF2N3. The van der Waals surface area contributed by atoms with Crippen LogP contribution >= 0.6 is 15.9 Å². The zero-order valence-corrected chi connectivity index (χ0v) is 11.0. The van der Waals surface area contributed by atoms with Crippen molar-refractivity contribution >= 4 is 21.9 Å². The van der Waals surface area contributed by atoms with E-state index in [1.807, 2.05) is 4.57 Å². The number of nitrogens with one attached hydrogen (secondary N) is 1. The molecule has 1 N–H and O–H groups in total. The summed E-state index contributed by atoms with van der Waals surface area (Å²) in [6, 6.07) is 3.80. The zero-order chi connectivity index (χ0) is 12.7. The van der Waals surface area contributed by atoms with Crippen molar-refractivity contribution in [1.29, 1.82) is 0 Å². The number of hydrogen-bond acceptors (Lipinski definition) is 2. The summed E-state index contributed by atoms with van der Waals surface area (Å²) in [6.45, 7) is 1.74. The van der Waals surface area contributed by atoms with Gasteiger partial charge in [0.25, 0.3) is 0 Å². The van der Waals surface area contributed by atoms with Gasteiger partial charge in [0.2, 0.25) is 5.95 Å². The number of rotatable bonds is 1. The first kappa shape index (κ1) is 11.6. The fourth-order valence-electron chi connectivity index (χ4n) is 2.04. The van der Waals surface area contributed by atoms with E-state index in [0.717, 1.165) is 42.2 Å². The number of fused-ring (bicyclic) bond motifs is 1. The fraction of sp³-hybridized carbons (Fsp3) is 0.250. The topological polar surface area (TPSA) is 29.9 Å². The smallest absolute Gasteiger partial charge is 0.204 e. The Labute approximate surface area is 111 Å². The van der Waals surface area contributed by atoms with Crippen molar-refractivity contribution in [2.45, 2.75) is 13.0 Å². The largest absolute Gasteiger partial charge is 0.356 e. The molecule has 0 saturated heterocycles. The molecule has 0 radical (unpaired) electrons. The number of hydrogen-bond donors (Lipinski definition) is 1. The molecular weight excluding hydrogens is 304 g/mol. The number of benzene rings is 1. The van der Waals surface area contributed by atoms with Crippen LogP contribution in [0.5, 0.6) is 0 Å². The predicted molar refractivity (Wildman–Crippen MR) is 68.4 cm³/mol. The molecule has 1 aliphatic heterocycles. The molecule has 0 amide bonds. The van der Waals surface area contributed by atoms with Crippen LogP contribution in [-0.4, -0.2) is 16.1 Å². The summed E-state index contributed by atoms with van der Waals surface area (Å²) in [5.41, 5.74) is 1.18. The quantitative estimate of drug-likeness (QED) is 0.874. The summed E-state index contributed by atoms with van der Waals surface area (Å²) in [4.78, 5) is 4.41. The predicted octanol–water partition coefficient (Wildman–Crippen LogP) is 3.41. The molecule has 2 aromatic rings. The summed E-state index contributed by atoms with van der Waals surface area (Å²) >= 11 is 3.46. The Kier molecular flexibility index (Phi) is 2.81. The molecule has 6 heteroatoms. The molecule has 1 aromatic carbocycles. The molecule has 3 nitrogen and oxygen atoms in total. The van der Waals surface area contributed by atoms with Crippen molar-refractivity contribution in [3.8, 4) is 11.3 Å². The molecule has 2 heterocycles. The van der Waals surface area contributed by atoms with Gasteiger partial charge in [0.1, 0.15) is 10.3 Å². The van der Waals surface area contributed by atoms with Crippen molar-refractivity contribution in [1.82, 2.24) is 9.55 Å². The van der Waals surface area contributed by atoms with E-state index >= 15 is 0 Å². The van der Waals surface area contributed by atoms with Crippen LogP contribution in [0.2, 0.25) is 0 Å². The first-order chi connectivity index (χ1) is 8.66. The molecule has 18 heavy (non-hydrogen) atoms. The molecule has 1 aromatic heterocycles. The maximum absolute atomic E-state index is 13.2. The number of nitrogens with zero attached hydrogens (tertiary/aromatic N) is 2. The Balaban J connectivity index is 2.11. The van der Waals surface area contributed by atoms with E-state index in [4.69, 9.17) is 0 Å². The van der Waals surface area contributed by atoms with Gasteiger partial charge < -0.3 is 9.88 Å². The van der Waals surface area contributed by atoms with E-state index in [2.05, 4.69) is 26.2 Å². The van der Waals surface area contributed by atoms with Gasteiger partial charge >= 0.3 is 0 Å². The Bertz CT molecular complexity index is 610. The van der Waals surface area contributed by atoms with Crippen LogP contribution in [0.25, 0.3) is 11.3 Å². The molecule has 0 spiro atoms.